The van der Waals surface area contributed by atoms with E-state index in [4.69, 9.17) is 44.8 Å². The van der Waals surface area contributed by atoms with E-state index in [9.17, 15) is 0 Å². The van der Waals surface area contributed by atoms with Gasteiger partial charge in [0.1, 0.15) is 26.1 Å². The van der Waals surface area contributed by atoms with Gasteiger partial charge in [0.05, 0.1) is 37.3 Å². The van der Waals surface area contributed by atoms with Crippen LogP contribution in [0.3, 0.4) is 0 Å². The highest BCUT2D eigenvalue weighted by Crippen LogP contribution is 2.50. The van der Waals surface area contributed by atoms with Gasteiger partial charge in [0.15, 0.2) is 0 Å². The first-order chi connectivity index (χ1) is 18.3. The van der Waals surface area contributed by atoms with Gasteiger partial charge in [-0.15, -0.1) is 0 Å². The highest BCUT2D eigenvalue weighted by atomic mass is 35.5. The molecule has 0 heterocycles. The minimum absolute atomic E-state index is 0.00957. The fourth-order valence-electron chi connectivity index (χ4n) is 4.81. The van der Waals surface area contributed by atoms with Gasteiger partial charge in [0.25, 0.3) is 5.92 Å². The predicted molar refractivity (Wildman–Crippen MR) is 139 cm³/mol. The first-order valence-corrected chi connectivity index (χ1v) is 12.9. The third-order valence-corrected chi connectivity index (χ3v) is 6.94. The molecule has 38 heavy (non-hydrogen) atoms. The van der Waals surface area contributed by atoms with Crippen LogP contribution in [0.15, 0.2) is 42.5 Å². The van der Waals surface area contributed by atoms with Crippen molar-refractivity contribution in [3.63, 3.8) is 0 Å². The number of rotatable bonds is 15. The molecular weight excluding hydrogens is 522 g/mol. The summed E-state index contributed by atoms with van der Waals surface area (Å²) in [4.78, 5) is 0. The molecule has 7 nitrogen and oxygen atoms in total. The van der Waals surface area contributed by atoms with Crippen LogP contribution in [0, 0.1) is 5.92 Å². The van der Waals surface area contributed by atoms with Crippen molar-refractivity contribution >= 4 is 11.6 Å². The van der Waals surface area contributed by atoms with Crippen LogP contribution in [-0.4, -0.2) is 73.1 Å². The number of methoxy groups -OCH3 is 3. The van der Waals surface area contributed by atoms with E-state index in [-0.39, 0.29) is 33.4 Å². The zero-order valence-electron chi connectivity index (χ0n) is 22.3. The van der Waals surface area contributed by atoms with Crippen molar-refractivity contribution in [2.45, 2.75) is 43.8 Å². The van der Waals surface area contributed by atoms with Crippen molar-refractivity contribution in [1.82, 2.24) is 0 Å². The zero-order valence-corrected chi connectivity index (χ0v) is 23.0. The second-order valence-electron chi connectivity index (χ2n) is 9.10. The second-order valence-corrected chi connectivity index (χ2v) is 9.51. The molecule has 4 atom stereocenters. The standard InChI is InChI=1S/C28H37ClF2O7/c1-5-36-22-9-6-19(7-10-22)12-21-13-20(8-11-25(21)29)23-14-26(37-17-33-3)27(38-18-34-4)24(28(23,30)31)15-35-16-32-2/h6-11,13,23-24,26-27H,5,12,14-18H2,1-4H3/t23?,24?,26?,27-/m1/s1. The van der Waals surface area contributed by atoms with Crippen LogP contribution in [0.2, 0.25) is 5.02 Å². The number of hydrogen-bond donors (Lipinski definition) is 0. The fraction of sp³-hybridized carbons (Fsp3) is 0.571. The lowest BCUT2D eigenvalue weighted by Crippen LogP contribution is -2.56. The average Bonchev–Trinajstić information content (AvgIpc) is 2.90. The number of benzene rings is 2. The molecule has 10 heteroatoms. The maximum Gasteiger partial charge on any atom is 0.262 e. The molecule has 0 amide bonds. The van der Waals surface area contributed by atoms with Crippen molar-refractivity contribution in [1.29, 1.82) is 0 Å². The van der Waals surface area contributed by atoms with Crippen LogP contribution in [0.5, 0.6) is 5.75 Å². The number of ether oxygens (including phenoxy) is 7. The lowest BCUT2D eigenvalue weighted by atomic mass is 9.71. The summed E-state index contributed by atoms with van der Waals surface area (Å²) in [5.74, 6) is -4.91. The van der Waals surface area contributed by atoms with Gasteiger partial charge in [-0.3, -0.25) is 0 Å². The maximum absolute atomic E-state index is 16.2. The fourth-order valence-corrected chi connectivity index (χ4v) is 4.99. The van der Waals surface area contributed by atoms with E-state index in [0.29, 0.717) is 23.6 Å². The first-order valence-electron chi connectivity index (χ1n) is 12.5. The Bertz CT molecular complexity index is 976. The molecule has 1 aliphatic carbocycles. The quantitative estimate of drug-likeness (QED) is 0.206. The monoisotopic (exact) mass is 558 g/mol. The summed E-state index contributed by atoms with van der Waals surface area (Å²) >= 11 is 6.51. The maximum atomic E-state index is 16.2. The Hall–Kier alpha value is -1.85. The summed E-state index contributed by atoms with van der Waals surface area (Å²) in [6.45, 7) is 1.87. The number of halogens is 3. The Morgan fingerprint density at radius 1 is 0.921 bits per heavy atom. The number of hydrogen-bond acceptors (Lipinski definition) is 7. The third kappa shape index (κ3) is 7.85. The molecule has 3 unspecified atom stereocenters. The summed E-state index contributed by atoms with van der Waals surface area (Å²) in [5, 5.41) is 0.509. The van der Waals surface area contributed by atoms with Crippen LogP contribution >= 0.6 is 11.6 Å². The molecule has 0 spiro atoms. The van der Waals surface area contributed by atoms with Crippen LogP contribution in [0.1, 0.15) is 36.0 Å². The van der Waals surface area contributed by atoms with Crippen molar-refractivity contribution in [3.8, 4) is 5.75 Å². The topological polar surface area (TPSA) is 64.6 Å². The summed E-state index contributed by atoms with van der Waals surface area (Å²) in [5.41, 5.74) is 2.21. The molecule has 2 aromatic carbocycles. The molecule has 1 aliphatic rings. The Kier molecular flexibility index (Phi) is 12.2. The molecule has 2 aromatic rings. The van der Waals surface area contributed by atoms with E-state index in [1.807, 2.05) is 31.2 Å². The Labute approximate surface area is 228 Å². The third-order valence-electron chi connectivity index (χ3n) is 6.57. The molecule has 212 valence electrons. The molecular formula is C28H37ClF2O7. The van der Waals surface area contributed by atoms with Gasteiger partial charge in [0, 0.05) is 26.4 Å². The Morgan fingerprint density at radius 2 is 1.61 bits per heavy atom. The van der Waals surface area contributed by atoms with Gasteiger partial charge in [0.2, 0.25) is 0 Å². The lowest BCUT2D eigenvalue weighted by Gasteiger charge is -2.46. The highest BCUT2D eigenvalue weighted by molar-refractivity contribution is 6.31. The van der Waals surface area contributed by atoms with E-state index in [2.05, 4.69) is 0 Å². The minimum Gasteiger partial charge on any atom is -0.494 e. The van der Waals surface area contributed by atoms with Gasteiger partial charge >= 0.3 is 0 Å². The van der Waals surface area contributed by atoms with Crippen molar-refractivity contribution in [2.75, 3.05) is 54.9 Å². The zero-order chi connectivity index (χ0) is 27.5. The molecule has 1 fully saturated rings. The average molecular weight is 559 g/mol. The Balaban J connectivity index is 1.92. The molecule has 0 aromatic heterocycles. The van der Waals surface area contributed by atoms with Gasteiger partial charge < -0.3 is 33.2 Å². The van der Waals surface area contributed by atoms with E-state index in [0.717, 1.165) is 16.9 Å². The van der Waals surface area contributed by atoms with E-state index in [1.165, 1.54) is 21.3 Å². The van der Waals surface area contributed by atoms with Gasteiger partial charge in [-0.25, -0.2) is 8.78 Å². The predicted octanol–water partition coefficient (Wildman–Crippen LogP) is 5.67. The SMILES string of the molecule is CCOc1ccc(Cc2cc(C3CC(OCOC)[C@H](OCOC)C(COCOC)C3(F)F)ccc2Cl)cc1. The molecule has 0 radical (unpaired) electrons. The first kappa shape index (κ1) is 30.7. The van der Waals surface area contributed by atoms with Gasteiger partial charge in [-0.2, -0.15) is 0 Å². The summed E-state index contributed by atoms with van der Waals surface area (Å²) in [7, 11) is 4.35. The van der Waals surface area contributed by atoms with Crippen molar-refractivity contribution in [3.05, 3.63) is 64.2 Å². The van der Waals surface area contributed by atoms with Crippen molar-refractivity contribution in [2.24, 2.45) is 5.92 Å². The van der Waals surface area contributed by atoms with Crippen LogP contribution < -0.4 is 4.74 Å². The van der Waals surface area contributed by atoms with Crippen molar-refractivity contribution < 1.29 is 41.9 Å². The summed E-state index contributed by atoms with van der Waals surface area (Å²) in [6, 6.07) is 12.7. The molecule has 0 N–H and O–H groups in total. The molecule has 0 saturated heterocycles. The normalized spacial score (nSPS) is 22.9. The molecule has 0 aliphatic heterocycles. The van der Waals surface area contributed by atoms with E-state index in [1.54, 1.807) is 18.2 Å². The molecule has 3 rings (SSSR count). The Morgan fingerprint density at radius 3 is 2.26 bits per heavy atom. The minimum atomic E-state index is -3.19. The van der Waals surface area contributed by atoms with Gasteiger partial charge in [-0.1, -0.05) is 35.9 Å². The summed E-state index contributed by atoms with van der Waals surface area (Å²) < 4.78 is 69.9. The van der Waals surface area contributed by atoms with Crippen LogP contribution in [0.4, 0.5) is 8.78 Å². The van der Waals surface area contributed by atoms with Crippen LogP contribution in [0.25, 0.3) is 0 Å². The van der Waals surface area contributed by atoms with Gasteiger partial charge in [-0.05, 0) is 54.7 Å². The van der Waals surface area contributed by atoms with E-state index < -0.39 is 30.0 Å². The van der Waals surface area contributed by atoms with Crippen LogP contribution in [-0.2, 0) is 34.8 Å². The molecule has 1 saturated carbocycles. The largest absolute Gasteiger partial charge is 0.494 e. The lowest BCUT2D eigenvalue weighted by molar-refractivity contribution is -0.253. The second kappa shape index (κ2) is 15.1. The highest BCUT2D eigenvalue weighted by Gasteiger charge is 2.58. The summed E-state index contributed by atoms with van der Waals surface area (Å²) in [6.07, 6.45) is -1.17. The number of alkyl halides is 2. The van der Waals surface area contributed by atoms with E-state index >= 15 is 8.78 Å². The smallest absolute Gasteiger partial charge is 0.262 e. The molecule has 0 bridgehead atoms.